The lowest BCUT2D eigenvalue weighted by atomic mass is 10.1. The Balaban J connectivity index is 1.36. The van der Waals surface area contributed by atoms with Crippen molar-refractivity contribution in [1.82, 2.24) is 4.98 Å². The number of hydrogen-bond donors (Lipinski definition) is 0. The Hall–Kier alpha value is -2.63. The van der Waals surface area contributed by atoms with Gasteiger partial charge in [-0.3, -0.25) is 0 Å². The van der Waals surface area contributed by atoms with Crippen molar-refractivity contribution in [3.63, 3.8) is 0 Å². The number of nitrogens with zero attached hydrogens (tertiary/aromatic N) is 1. The lowest BCUT2D eigenvalue weighted by molar-refractivity contribution is 0.309. The molecule has 3 nitrogen and oxygen atoms in total. The SMILES string of the molecule is Cc1ncsc1COc1ccc(-c2[c]ccc(OCCc3cccs3)c2)cc1. The minimum absolute atomic E-state index is 0.551. The highest BCUT2D eigenvalue weighted by Gasteiger charge is 2.05. The smallest absolute Gasteiger partial charge is 0.124 e. The summed E-state index contributed by atoms with van der Waals surface area (Å²) in [6.45, 7) is 3.23. The van der Waals surface area contributed by atoms with Crippen LogP contribution in [0.5, 0.6) is 11.5 Å². The van der Waals surface area contributed by atoms with E-state index in [4.69, 9.17) is 9.47 Å². The van der Waals surface area contributed by atoms with Crippen LogP contribution in [-0.4, -0.2) is 11.6 Å². The van der Waals surface area contributed by atoms with E-state index >= 15 is 0 Å². The summed E-state index contributed by atoms with van der Waals surface area (Å²) in [6.07, 6.45) is 0.927. The monoisotopic (exact) mass is 406 g/mol. The fourth-order valence-electron chi connectivity index (χ4n) is 2.77. The van der Waals surface area contributed by atoms with Gasteiger partial charge in [-0.1, -0.05) is 24.3 Å². The van der Waals surface area contributed by atoms with E-state index in [9.17, 15) is 0 Å². The summed E-state index contributed by atoms with van der Waals surface area (Å²) in [4.78, 5) is 6.75. The third kappa shape index (κ3) is 4.80. The molecule has 0 saturated carbocycles. The molecule has 1 radical (unpaired) electrons. The first-order chi connectivity index (χ1) is 13.8. The maximum Gasteiger partial charge on any atom is 0.124 e. The molecule has 0 fully saturated rings. The lowest BCUT2D eigenvalue weighted by Gasteiger charge is -2.09. The summed E-state index contributed by atoms with van der Waals surface area (Å²) in [6, 6.07) is 21.5. The molecule has 2 heterocycles. The van der Waals surface area contributed by atoms with Crippen LogP contribution in [0.2, 0.25) is 0 Å². The minimum atomic E-state index is 0.551. The van der Waals surface area contributed by atoms with E-state index in [2.05, 4.69) is 40.7 Å². The largest absolute Gasteiger partial charge is 0.493 e. The Morgan fingerprint density at radius 1 is 1.00 bits per heavy atom. The highest BCUT2D eigenvalue weighted by Crippen LogP contribution is 2.26. The van der Waals surface area contributed by atoms with Crippen molar-refractivity contribution in [2.24, 2.45) is 0 Å². The van der Waals surface area contributed by atoms with Crippen LogP contribution in [0.4, 0.5) is 0 Å². The Labute approximate surface area is 173 Å². The summed E-state index contributed by atoms with van der Waals surface area (Å²) in [7, 11) is 0. The Kier molecular flexibility index (Phi) is 6.04. The molecule has 0 spiro atoms. The normalized spacial score (nSPS) is 10.8. The molecule has 0 aliphatic carbocycles. The third-order valence-electron chi connectivity index (χ3n) is 4.35. The summed E-state index contributed by atoms with van der Waals surface area (Å²) in [5.74, 6) is 1.71. The second-order valence-corrected chi connectivity index (χ2v) is 8.26. The van der Waals surface area contributed by atoms with Crippen LogP contribution in [0, 0.1) is 13.0 Å². The van der Waals surface area contributed by atoms with Crippen molar-refractivity contribution in [3.05, 3.63) is 87.0 Å². The van der Waals surface area contributed by atoms with Gasteiger partial charge in [-0.2, -0.15) is 0 Å². The molecule has 4 rings (SSSR count). The van der Waals surface area contributed by atoms with Crippen molar-refractivity contribution in [1.29, 1.82) is 0 Å². The van der Waals surface area contributed by atoms with Gasteiger partial charge in [0.1, 0.15) is 18.1 Å². The molecular formula is C23H20NO2S2. The highest BCUT2D eigenvalue weighted by molar-refractivity contribution is 7.10. The number of hydrogen-bond acceptors (Lipinski definition) is 5. The Bertz CT molecular complexity index is 1010. The van der Waals surface area contributed by atoms with E-state index < -0.39 is 0 Å². The zero-order chi connectivity index (χ0) is 19.2. The molecule has 2 aromatic carbocycles. The standard InChI is InChI=1S/C23H20NO2S2/c1-17-23(28-16-24-17)15-26-20-9-7-18(8-10-20)19-4-2-5-21(14-19)25-12-11-22-6-3-13-27-22/h2-3,5-10,13-14,16H,11-12,15H2,1H3. The van der Waals surface area contributed by atoms with Gasteiger partial charge in [0.2, 0.25) is 0 Å². The van der Waals surface area contributed by atoms with Gasteiger partial charge in [0.15, 0.2) is 0 Å². The molecule has 0 bridgehead atoms. The Morgan fingerprint density at radius 3 is 2.64 bits per heavy atom. The maximum absolute atomic E-state index is 5.91. The van der Waals surface area contributed by atoms with E-state index in [0.717, 1.165) is 39.6 Å². The molecule has 5 heteroatoms. The quantitative estimate of drug-likeness (QED) is 0.350. The summed E-state index contributed by atoms with van der Waals surface area (Å²) in [5, 5.41) is 2.09. The molecule has 0 saturated heterocycles. The first-order valence-electron chi connectivity index (χ1n) is 9.07. The van der Waals surface area contributed by atoms with Gasteiger partial charge in [0.05, 0.1) is 22.7 Å². The van der Waals surface area contributed by atoms with Crippen LogP contribution in [0.1, 0.15) is 15.4 Å². The van der Waals surface area contributed by atoms with Gasteiger partial charge in [0.25, 0.3) is 0 Å². The van der Waals surface area contributed by atoms with Crippen LogP contribution in [0.25, 0.3) is 11.1 Å². The van der Waals surface area contributed by atoms with Gasteiger partial charge < -0.3 is 9.47 Å². The van der Waals surface area contributed by atoms with E-state index in [1.165, 1.54) is 4.88 Å². The topological polar surface area (TPSA) is 31.4 Å². The van der Waals surface area contributed by atoms with Crippen molar-refractivity contribution in [2.45, 2.75) is 20.0 Å². The number of thiophene rings is 1. The summed E-state index contributed by atoms with van der Waals surface area (Å²) in [5.41, 5.74) is 4.98. The van der Waals surface area contributed by atoms with Crippen LogP contribution < -0.4 is 9.47 Å². The van der Waals surface area contributed by atoms with E-state index in [1.807, 2.05) is 42.8 Å². The molecule has 0 atom stereocenters. The van der Waals surface area contributed by atoms with Crippen molar-refractivity contribution >= 4 is 22.7 Å². The fraction of sp³-hybridized carbons (Fsp3) is 0.174. The lowest BCUT2D eigenvalue weighted by Crippen LogP contribution is -2.00. The average Bonchev–Trinajstić information content (AvgIpc) is 3.39. The summed E-state index contributed by atoms with van der Waals surface area (Å²) >= 11 is 3.38. The second-order valence-electron chi connectivity index (χ2n) is 6.29. The van der Waals surface area contributed by atoms with Crippen molar-refractivity contribution in [3.8, 4) is 22.6 Å². The molecule has 141 valence electrons. The van der Waals surface area contributed by atoms with Gasteiger partial charge in [-0.25, -0.2) is 4.98 Å². The Morgan fingerprint density at radius 2 is 1.89 bits per heavy atom. The van der Waals surface area contributed by atoms with Gasteiger partial charge in [-0.05, 0) is 59.8 Å². The number of thiazole rings is 1. The molecule has 0 amide bonds. The molecule has 0 aliphatic heterocycles. The van der Waals surface area contributed by atoms with Crippen molar-refractivity contribution < 1.29 is 9.47 Å². The van der Waals surface area contributed by atoms with Crippen LogP contribution in [0.15, 0.2) is 65.5 Å². The van der Waals surface area contributed by atoms with Gasteiger partial charge in [0, 0.05) is 11.3 Å². The maximum atomic E-state index is 5.91. The molecule has 2 aromatic heterocycles. The first-order valence-corrected chi connectivity index (χ1v) is 10.8. The van der Waals surface area contributed by atoms with E-state index in [-0.39, 0.29) is 0 Å². The van der Waals surface area contributed by atoms with E-state index in [1.54, 1.807) is 22.7 Å². The predicted molar refractivity (Wildman–Crippen MR) is 115 cm³/mol. The van der Waals surface area contributed by atoms with Crippen LogP contribution in [-0.2, 0) is 13.0 Å². The number of aryl methyl sites for hydroxylation is 1. The average molecular weight is 407 g/mol. The zero-order valence-corrected chi connectivity index (χ0v) is 17.2. The molecule has 0 aliphatic rings. The van der Waals surface area contributed by atoms with Crippen molar-refractivity contribution in [2.75, 3.05) is 6.61 Å². The van der Waals surface area contributed by atoms with E-state index in [0.29, 0.717) is 13.2 Å². The third-order valence-corrected chi connectivity index (χ3v) is 6.20. The van der Waals surface area contributed by atoms with Crippen LogP contribution >= 0.6 is 22.7 Å². The van der Waals surface area contributed by atoms with Gasteiger partial charge >= 0.3 is 0 Å². The predicted octanol–water partition coefficient (Wildman–Crippen LogP) is 6.18. The number of benzene rings is 2. The zero-order valence-electron chi connectivity index (χ0n) is 15.6. The number of ether oxygens (including phenoxy) is 2. The number of aromatic nitrogens is 1. The highest BCUT2D eigenvalue weighted by atomic mass is 32.1. The molecule has 0 unspecified atom stereocenters. The molecular weight excluding hydrogens is 386 g/mol. The molecule has 4 aromatic rings. The summed E-state index contributed by atoms with van der Waals surface area (Å²) < 4.78 is 11.8. The van der Waals surface area contributed by atoms with Gasteiger partial charge in [-0.15, -0.1) is 22.7 Å². The number of rotatable bonds is 8. The second kappa shape index (κ2) is 9.04. The fourth-order valence-corrected chi connectivity index (χ4v) is 4.15. The molecule has 0 N–H and O–H groups in total. The first kappa shape index (κ1) is 18.7. The minimum Gasteiger partial charge on any atom is -0.493 e. The molecule has 28 heavy (non-hydrogen) atoms. The van der Waals surface area contributed by atoms with Crippen LogP contribution in [0.3, 0.4) is 0 Å².